The number of rotatable bonds is 4. The van der Waals surface area contributed by atoms with Gasteiger partial charge in [-0.25, -0.2) is 4.98 Å². The highest BCUT2D eigenvalue weighted by molar-refractivity contribution is 5.94. The summed E-state index contributed by atoms with van der Waals surface area (Å²) in [5.74, 6) is 1.25. The Balaban J connectivity index is 1.58. The average Bonchev–Trinajstić information content (AvgIpc) is 2.69. The lowest BCUT2D eigenvalue weighted by molar-refractivity contribution is -0.364. The maximum atomic E-state index is 12.6. The monoisotopic (exact) mass is 340 g/mol. The van der Waals surface area contributed by atoms with Crippen molar-refractivity contribution in [2.24, 2.45) is 0 Å². The molecule has 1 saturated heterocycles. The zero-order valence-electron chi connectivity index (χ0n) is 14.3. The number of piperazine rings is 1. The van der Waals surface area contributed by atoms with Crippen LogP contribution in [0.4, 0.5) is 5.82 Å². The van der Waals surface area contributed by atoms with E-state index in [1.54, 1.807) is 31.2 Å². The number of pyridine rings is 1. The van der Waals surface area contributed by atoms with E-state index in [1.165, 1.54) is 0 Å². The van der Waals surface area contributed by atoms with Crippen molar-refractivity contribution in [3.8, 4) is 5.75 Å². The van der Waals surface area contributed by atoms with Gasteiger partial charge in [0.2, 0.25) is 0 Å². The minimum Gasteiger partial charge on any atom is -0.427 e. The molecule has 0 unspecified atom stereocenters. The summed E-state index contributed by atoms with van der Waals surface area (Å²) >= 11 is 0. The third kappa shape index (κ3) is 4.15. The molecule has 130 valence electrons. The van der Waals surface area contributed by atoms with E-state index in [1.807, 2.05) is 29.3 Å². The van der Waals surface area contributed by atoms with Crippen molar-refractivity contribution >= 4 is 17.7 Å². The number of nitrogens with one attached hydrogen (secondary N) is 1. The van der Waals surface area contributed by atoms with Crippen LogP contribution in [0.25, 0.3) is 0 Å². The normalized spacial score (nSPS) is 14.3. The molecule has 1 aromatic heterocycles. The molecule has 1 N–H and O–H groups in total. The SMILES string of the molecule is CCC(=O)Oc1ccc(C(=O)N2CCN(c3cccc[nH+]3)CC2)cc1. The summed E-state index contributed by atoms with van der Waals surface area (Å²) in [4.78, 5) is 31.2. The molecule has 0 atom stereocenters. The van der Waals surface area contributed by atoms with Crippen molar-refractivity contribution in [2.75, 3.05) is 31.1 Å². The summed E-state index contributed by atoms with van der Waals surface area (Å²) in [6, 6.07) is 12.7. The predicted molar refractivity (Wildman–Crippen MR) is 93.5 cm³/mol. The van der Waals surface area contributed by atoms with E-state index in [9.17, 15) is 9.59 Å². The zero-order valence-corrected chi connectivity index (χ0v) is 14.3. The number of benzene rings is 1. The second kappa shape index (κ2) is 7.79. The molecule has 0 aliphatic carbocycles. The van der Waals surface area contributed by atoms with Crippen LogP contribution in [-0.4, -0.2) is 43.0 Å². The number of aromatic amines is 1. The van der Waals surface area contributed by atoms with Crippen LogP contribution in [0.5, 0.6) is 5.75 Å². The molecule has 0 bridgehead atoms. The van der Waals surface area contributed by atoms with Gasteiger partial charge in [0, 0.05) is 18.1 Å². The lowest BCUT2D eigenvalue weighted by Crippen LogP contribution is -2.50. The van der Waals surface area contributed by atoms with Gasteiger partial charge in [-0.1, -0.05) is 13.0 Å². The Hall–Kier alpha value is -2.89. The lowest BCUT2D eigenvalue weighted by Gasteiger charge is -2.31. The number of amides is 1. The van der Waals surface area contributed by atoms with Crippen LogP contribution < -0.4 is 14.6 Å². The number of H-pyrrole nitrogens is 1. The van der Waals surface area contributed by atoms with Gasteiger partial charge in [0.25, 0.3) is 11.7 Å². The zero-order chi connectivity index (χ0) is 17.6. The second-order valence-corrected chi connectivity index (χ2v) is 5.88. The summed E-state index contributed by atoms with van der Waals surface area (Å²) in [5, 5.41) is 0. The predicted octanol–water partition coefficient (Wildman–Crippen LogP) is 1.78. The van der Waals surface area contributed by atoms with Crippen LogP contribution in [0.15, 0.2) is 48.7 Å². The molecular weight excluding hydrogens is 318 g/mol. The van der Waals surface area contributed by atoms with E-state index >= 15 is 0 Å². The van der Waals surface area contributed by atoms with Gasteiger partial charge in [0.05, 0.1) is 19.3 Å². The molecule has 1 aromatic carbocycles. The Labute approximate surface area is 147 Å². The van der Waals surface area contributed by atoms with E-state index < -0.39 is 0 Å². The maximum absolute atomic E-state index is 12.6. The fourth-order valence-corrected chi connectivity index (χ4v) is 2.78. The molecule has 1 amide bonds. The van der Waals surface area contributed by atoms with Crippen molar-refractivity contribution in [1.82, 2.24) is 4.90 Å². The summed E-state index contributed by atoms with van der Waals surface area (Å²) < 4.78 is 5.13. The Morgan fingerprint density at radius 2 is 1.76 bits per heavy atom. The van der Waals surface area contributed by atoms with E-state index in [0.29, 0.717) is 30.8 Å². The van der Waals surface area contributed by atoms with Gasteiger partial charge in [-0.3, -0.25) is 14.5 Å². The van der Waals surface area contributed by atoms with Gasteiger partial charge >= 0.3 is 5.97 Å². The minimum absolute atomic E-state index is 0.00468. The van der Waals surface area contributed by atoms with Gasteiger partial charge < -0.3 is 9.64 Å². The molecule has 2 aromatic rings. The third-order valence-electron chi connectivity index (χ3n) is 4.22. The van der Waals surface area contributed by atoms with Crippen LogP contribution in [0.2, 0.25) is 0 Å². The first-order chi connectivity index (χ1) is 12.2. The van der Waals surface area contributed by atoms with E-state index in [0.717, 1.165) is 18.9 Å². The van der Waals surface area contributed by atoms with Gasteiger partial charge in [-0.2, -0.15) is 0 Å². The summed E-state index contributed by atoms with van der Waals surface area (Å²) in [7, 11) is 0. The Kier molecular flexibility index (Phi) is 5.28. The van der Waals surface area contributed by atoms with Gasteiger partial charge in [-0.15, -0.1) is 0 Å². The van der Waals surface area contributed by atoms with Crippen LogP contribution in [0, 0.1) is 0 Å². The van der Waals surface area contributed by atoms with Crippen LogP contribution in [0.3, 0.4) is 0 Å². The number of carbonyl (C=O) groups is 2. The van der Waals surface area contributed by atoms with Crippen molar-refractivity contribution in [3.05, 3.63) is 54.2 Å². The molecule has 3 rings (SSSR count). The second-order valence-electron chi connectivity index (χ2n) is 5.88. The first kappa shape index (κ1) is 17.0. The minimum atomic E-state index is -0.284. The molecule has 25 heavy (non-hydrogen) atoms. The lowest BCUT2D eigenvalue weighted by atomic mass is 10.1. The number of aromatic nitrogens is 1. The molecule has 1 aliphatic rings. The van der Waals surface area contributed by atoms with Gasteiger partial charge in [0.15, 0.2) is 0 Å². The quantitative estimate of drug-likeness (QED) is 0.629. The summed E-state index contributed by atoms with van der Waals surface area (Å²) in [5.41, 5.74) is 0.607. The first-order valence-electron chi connectivity index (χ1n) is 8.49. The molecule has 2 heterocycles. The molecule has 0 saturated carbocycles. The van der Waals surface area contributed by atoms with E-state index in [4.69, 9.17) is 4.74 Å². The maximum Gasteiger partial charge on any atom is 0.310 e. The van der Waals surface area contributed by atoms with E-state index in [-0.39, 0.29) is 11.9 Å². The van der Waals surface area contributed by atoms with Gasteiger partial charge in [0.1, 0.15) is 18.8 Å². The standard InChI is InChI=1S/C19H21N3O3/c1-2-18(23)25-16-8-6-15(7-9-16)19(24)22-13-11-21(12-14-22)17-5-3-4-10-20-17/h3-10H,2,11-14H2,1H3/p+1. The van der Waals surface area contributed by atoms with E-state index in [2.05, 4.69) is 9.88 Å². The molecule has 0 spiro atoms. The highest BCUT2D eigenvalue weighted by atomic mass is 16.5. The Morgan fingerprint density at radius 1 is 1.04 bits per heavy atom. The number of ether oxygens (including phenoxy) is 1. The van der Waals surface area contributed by atoms with Gasteiger partial charge in [-0.05, 0) is 30.3 Å². The van der Waals surface area contributed by atoms with Crippen LogP contribution in [0.1, 0.15) is 23.7 Å². The van der Waals surface area contributed by atoms with Crippen molar-refractivity contribution in [2.45, 2.75) is 13.3 Å². The molecule has 0 radical (unpaired) electrons. The molecule has 6 nitrogen and oxygen atoms in total. The highest BCUT2D eigenvalue weighted by Crippen LogP contribution is 2.16. The number of nitrogens with zero attached hydrogens (tertiary/aromatic N) is 2. The van der Waals surface area contributed by atoms with Crippen molar-refractivity contribution < 1.29 is 19.3 Å². The number of hydrogen-bond donors (Lipinski definition) is 0. The Morgan fingerprint density at radius 3 is 2.36 bits per heavy atom. The average molecular weight is 340 g/mol. The summed E-state index contributed by atoms with van der Waals surface area (Å²) in [6.45, 7) is 4.67. The molecule has 1 aliphatic heterocycles. The van der Waals surface area contributed by atoms with Crippen LogP contribution in [-0.2, 0) is 4.79 Å². The fraction of sp³-hybridized carbons (Fsp3) is 0.316. The number of hydrogen-bond acceptors (Lipinski definition) is 4. The molecular formula is C19H22N3O3+. The van der Waals surface area contributed by atoms with Crippen molar-refractivity contribution in [3.63, 3.8) is 0 Å². The number of carbonyl (C=O) groups excluding carboxylic acids is 2. The number of anilines is 1. The first-order valence-corrected chi connectivity index (χ1v) is 8.49. The summed E-state index contributed by atoms with van der Waals surface area (Å²) in [6.07, 6.45) is 2.23. The Bertz CT molecular complexity index is 723. The highest BCUT2D eigenvalue weighted by Gasteiger charge is 2.26. The fourth-order valence-electron chi connectivity index (χ4n) is 2.78. The van der Waals surface area contributed by atoms with Crippen molar-refractivity contribution in [1.29, 1.82) is 0 Å². The number of esters is 1. The van der Waals surface area contributed by atoms with Crippen LogP contribution >= 0.6 is 0 Å². The largest absolute Gasteiger partial charge is 0.427 e. The molecule has 6 heteroatoms. The topological polar surface area (TPSA) is 64.0 Å². The third-order valence-corrected chi connectivity index (χ3v) is 4.22. The smallest absolute Gasteiger partial charge is 0.310 e. The molecule has 1 fully saturated rings.